The monoisotopic (exact) mass is 462 g/mol. The van der Waals surface area contributed by atoms with E-state index in [4.69, 9.17) is 18.9 Å². The van der Waals surface area contributed by atoms with Gasteiger partial charge in [0.05, 0.1) is 26.0 Å². The maximum atomic E-state index is 12.4. The van der Waals surface area contributed by atoms with E-state index in [2.05, 4.69) is 10.5 Å². The molecule has 0 radical (unpaired) electrons. The van der Waals surface area contributed by atoms with Gasteiger partial charge in [-0.25, -0.2) is 10.2 Å². The van der Waals surface area contributed by atoms with Gasteiger partial charge < -0.3 is 18.9 Å². The lowest BCUT2D eigenvalue weighted by Gasteiger charge is -2.11. The molecule has 0 aliphatic carbocycles. The SMILES string of the molecule is COc1ccc(C(=O)Oc2ccc(/C=N/NC(=O)COc3c(C)cccc3C)cc2OC)cc1. The number of hydrogen-bond donors (Lipinski definition) is 1. The molecule has 0 saturated heterocycles. The molecule has 1 amide bonds. The number of methoxy groups -OCH3 is 2. The van der Waals surface area contributed by atoms with Gasteiger partial charge in [-0.3, -0.25) is 4.79 Å². The molecule has 1 N–H and O–H groups in total. The van der Waals surface area contributed by atoms with Crippen LogP contribution in [0.1, 0.15) is 27.0 Å². The number of hydrogen-bond acceptors (Lipinski definition) is 7. The molecule has 176 valence electrons. The van der Waals surface area contributed by atoms with Crippen LogP contribution in [0.4, 0.5) is 0 Å². The number of para-hydroxylation sites is 1. The number of carbonyl (C=O) groups is 2. The van der Waals surface area contributed by atoms with Gasteiger partial charge in [-0.2, -0.15) is 5.10 Å². The van der Waals surface area contributed by atoms with Gasteiger partial charge in [0.15, 0.2) is 18.1 Å². The van der Waals surface area contributed by atoms with Gasteiger partial charge in [-0.1, -0.05) is 18.2 Å². The van der Waals surface area contributed by atoms with Crippen molar-refractivity contribution in [2.45, 2.75) is 13.8 Å². The Kier molecular flexibility index (Phi) is 8.23. The minimum absolute atomic E-state index is 0.160. The first-order valence-corrected chi connectivity index (χ1v) is 10.5. The number of nitrogens with one attached hydrogen (secondary N) is 1. The van der Waals surface area contributed by atoms with E-state index >= 15 is 0 Å². The number of benzene rings is 3. The summed E-state index contributed by atoms with van der Waals surface area (Å²) >= 11 is 0. The van der Waals surface area contributed by atoms with Crippen LogP contribution in [0.2, 0.25) is 0 Å². The predicted molar refractivity (Wildman–Crippen MR) is 128 cm³/mol. The zero-order valence-electron chi connectivity index (χ0n) is 19.5. The van der Waals surface area contributed by atoms with Crippen molar-refractivity contribution in [2.75, 3.05) is 20.8 Å². The second-order valence-electron chi connectivity index (χ2n) is 7.33. The van der Waals surface area contributed by atoms with Crippen LogP contribution < -0.4 is 24.4 Å². The van der Waals surface area contributed by atoms with Crippen LogP contribution in [0.5, 0.6) is 23.0 Å². The Balaban J connectivity index is 1.57. The molecule has 0 unspecified atom stereocenters. The molecule has 0 atom stereocenters. The average molecular weight is 463 g/mol. The summed E-state index contributed by atoms with van der Waals surface area (Å²) in [7, 11) is 3.02. The lowest BCUT2D eigenvalue weighted by Crippen LogP contribution is -2.25. The maximum absolute atomic E-state index is 12.4. The lowest BCUT2D eigenvalue weighted by atomic mass is 10.1. The van der Waals surface area contributed by atoms with Crippen LogP contribution >= 0.6 is 0 Å². The number of hydrazone groups is 1. The Morgan fingerprint density at radius 3 is 2.26 bits per heavy atom. The standard InChI is InChI=1S/C26H26N2O6/c1-17-6-5-7-18(2)25(17)33-16-24(29)28-27-15-19-8-13-22(23(14-19)32-4)34-26(30)20-9-11-21(31-3)12-10-20/h5-15H,16H2,1-4H3,(H,28,29)/b27-15+. The van der Waals surface area contributed by atoms with E-state index < -0.39 is 11.9 Å². The van der Waals surface area contributed by atoms with Crippen molar-refractivity contribution in [3.05, 3.63) is 82.9 Å². The number of rotatable bonds is 9. The van der Waals surface area contributed by atoms with Crippen LogP contribution in [0.3, 0.4) is 0 Å². The molecule has 0 spiro atoms. The van der Waals surface area contributed by atoms with Crippen LogP contribution in [-0.2, 0) is 4.79 Å². The Labute approximate surface area is 198 Å². The zero-order chi connectivity index (χ0) is 24.5. The lowest BCUT2D eigenvalue weighted by molar-refractivity contribution is -0.123. The van der Waals surface area contributed by atoms with Gasteiger partial charge in [0.25, 0.3) is 5.91 Å². The van der Waals surface area contributed by atoms with E-state index in [1.807, 2.05) is 32.0 Å². The first kappa shape index (κ1) is 24.3. The minimum Gasteiger partial charge on any atom is -0.497 e. The highest BCUT2D eigenvalue weighted by atomic mass is 16.6. The summed E-state index contributed by atoms with van der Waals surface area (Å²) in [6, 6.07) is 17.3. The van der Waals surface area contributed by atoms with Crippen LogP contribution in [-0.4, -0.2) is 38.9 Å². The largest absolute Gasteiger partial charge is 0.497 e. The molecule has 0 aliphatic rings. The first-order valence-electron chi connectivity index (χ1n) is 10.5. The molecule has 3 aromatic carbocycles. The molecule has 34 heavy (non-hydrogen) atoms. The zero-order valence-corrected chi connectivity index (χ0v) is 19.5. The third kappa shape index (κ3) is 6.35. The molecular formula is C26H26N2O6. The summed E-state index contributed by atoms with van der Waals surface area (Å²) in [6.07, 6.45) is 1.45. The first-order chi connectivity index (χ1) is 16.4. The van der Waals surface area contributed by atoms with Crippen molar-refractivity contribution in [1.82, 2.24) is 5.43 Å². The highest BCUT2D eigenvalue weighted by Gasteiger charge is 2.13. The van der Waals surface area contributed by atoms with Gasteiger partial charge in [-0.15, -0.1) is 0 Å². The number of aryl methyl sites for hydroxylation is 2. The van der Waals surface area contributed by atoms with Gasteiger partial charge in [-0.05, 0) is 73.0 Å². The van der Waals surface area contributed by atoms with E-state index in [1.54, 1.807) is 49.6 Å². The summed E-state index contributed by atoms with van der Waals surface area (Å²) < 4.78 is 21.5. The van der Waals surface area contributed by atoms with Crippen LogP contribution in [0.15, 0.2) is 65.8 Å². The highest BCUT2D eigenvalue weighted by Crippen LogP contribution is 2.28. The summed E-state index contributed by atoms with van der Waals surface area (Å²) in [6.45, 7) is 3.68. The van der Waals surface area contributed by atoms with Gasteiger partial charge in [0.1, 0.15) is 11.5 Å². The van der Waals surface area contributed by atoms with Crippen molar-refractivity contribution in [3.63, 3.8) is 0 Å². The molecule has 0 heterocycles. The molecule has 3 aromatic rings. The van der Waals surface area contributed by atoms with E-state index in [-0.39, 0.29) is 12.4 Å². The molecule has 3 rings (SSSR count). The van der Waals surface area contributed by atoms with E-state index in [9.17, 15) is 9.59 Å². The van der Waals surface area contributed by atoms with Crippen molar-refractivity contribution < 1.29 is 28.5 Å². The smallest absolute Gasteiger partial charge is 0.343 e. The number of nitrogens with zero attached hydrogens (tertiary/aromatic N) is 1. The minimum atomic E-state index is -0.529. The van der Waals surface area contributed by atoms with Crippen LogP contribution in [0, 0.1) is 13.8 Å². The molecule has 0 saturated carbocycles. The van der Waals surface area contributed by atoms with E-state index in [0.717, 1.165) is 11.1 Å². The Morgan fingerprint density at radius 2 is 1.62 bits per heavy atom. The molecular weight excluding hydrogens is 436 g/mol. The van der Waals surface area contributed by atoms with Crippen molar-refractivity contribution in [2.24, 2.45) is 5.10 Å². The van der Waals surface area contributed by atoms with E-state index in [1.165, 1.54) is 13.3 Å². The maximum Gasteiger partial charge on any atom is 0.343 e. The third-order valence-electron chi connectivity index (χ3n) is 4.88. The molecule has 0 aromatic heterocycles. The summed E-state index contributed by atoms with van der Waals surface area (Å²) in [5, 5.41) is 3.95. The predicted octanol–water partition coefficient (Wildman–Crippen LogP) is 4.07. The van der Waals surface area contributed by atoms with Gasteiger partial charge in [0, 0.05) is 0 Å². The van der Waals surface area contributed by atoms with Crippen molar-refractivity contribution in [1.29, 1.82) is 0 Å². The molecule has 8 nitrogen and oxygen atoms in total. The Bertz CT molecular complexity index is 1170. The van der Waals surface area contributed by atoms with E-state index in [0.29, 0.717) is 28.4 Å². The second kappa shape index (κ2) is 11.5. The fourth-order valence-corrected chi connectivity index (χ4v) is 3.11. The van der Waals surface area contributed by atoms with Crippen LogP contribution in [0.25, 0.3) is 0 Å². The Hall–Kier alpha value is -4.33. The molecule has 0 aliphatic heterocycles. The average Bonchev–Trinajstić information content (AvgIpc) is 2.84. The van der Waals surface area contributed by atoms with Crippen molar-refractivity contribution >= 4 is 18.1 Å². The van der Waals surface area contributed by atoms with Gasteiger partial charge in [0.2, 0.25) is 0 Å². The van der Waals surface area contributed by atoms with Gasteiger partial charge >= 0.3 is 5.97 Å². The summed E-state index contributed by atoms with van der Waals surface area (Å²) in [5.74, 6) is 1.00. The number of esters is 1. The highest BCUT2D eigenvalue weighted by molar-refractivity contribution is 5.92. The topological polar surface area (TPSA) is 95.5 Å². The number of ether oxygens (including phenoxy) is 4. The van der Waals surface area contributed by atoms with Crippen molar-refractivity contribution in [3.8, 4) is 23.0 Å². The molecule has 8 heteroatoms. The summed E-state index contributed by atoms with van der Waals surface area (Å²) in [4.78, 5) is 24.5. The fraction of sp³-hybridized carbons (Fsp3) is 0.192. The summed E-state index contributed by atoms with van der Waals surface area (Å²) in [5.41, 5.74) is 5.34. The number of carbonyl (C=O) groups excluding carboxylic acids is 2. The third-order valence-corrected chi connectivity index (χ3v) is 4.88. The normalized spacial score (nSPS) is 10.6. The molecule has 0 fully saturated rings. The quantitative estimate of drug-likeness (QED) is 0.223. The Morgan fingerprint density at radius 1 is 0.912 bits per heavy atom. The molecule has 0 bridgehead atoms. The fourth-order valence-electron chi connectivity index (χ4n) is 3.11. The second-order valence-corrected chi connectivity index (χ2v) is 7.33. The number of amides is 1.